The fraction of sp³-hybridized carbons (Fsp3) is 0.500. The van der Waals surface area contributed by atoms with E-state index in [4.69, 9.17) is 9.47 Å². The molecule has 0 spiro atoms. The highest BCUT2D eigenvalue weighted by Gasteiger charge is 2.25. The fourth-order valence-electron chi connectivity index (χ4n) is 3.18. The van der Waals surface area contributed by atoms with Gasteiger partial charge in [0, 0.05) is 25.8 Å². The molecule has 1 unspecified atom stereocenters. The van der Waals surface area contributed by atoms with Crippen molar-refractivity contribution in [1.82, 2.24) is 15.5 Å². The molecule has 2 aromatic rings. The molecule has 23 heavy (non-hydrogen) atoms. The van der Waals surface area contributed by atoms with Crippen LogP contribution < -0.4 is 10.1 Å². The lowest BCUT2D eigenvalue weighted by Crippen LogP contribution is -2.32. The van der Waals surface area contributed by atoms with Crippen molar-refractivity contribution in [2.75, 3.05) is 20.3 Å². The van der Waals surface area contributed by atoms with Crippen LogP contribution in [0.25, 0.3) is 0 Å². The number of benzene rings is 1. The van der Waals surface area contributed by atoms with Gasteiger partial charge in [-0.3, -0.25) is 5.10 Å². The number of aryl methyl sites for hydroxylation is 1. The molecule has 0 amide bonds. The van der Waals surface area contributed by atoms with E-state index < -0.39 is 0 Å². The molecule has 0 bridgehead atoms. The van der Waals surface area contributed by atoms with Crippen molar-refractivity contribution in [3.8, 4) is 5.75 Å². The first-order valence-electron chi connectivity index (χ1n) is 8.22. The van der Waals surface area contributed by atoms with E-state index >= 15 is 0 Å². The number of methoxy groups -OCH3 is 1. The lowest BCUT2D eigenvalue weighted by atomic mass is 9.87. The Balaban J connectivity index is 1.76. The SMILES string of the molecule is COc1ccc(C(NCc2[nH]ncc2C)C2CCOCC2)cc1. The van der Waals surface area contributed by atoms with Crippen molar-refractivity contribution in [3.05, 3.63) is 47.3 Å². The molecule has 124 valence electrons. The topological polar surface area (TPSA) is 59.2 Å². The number of aromatic amines is 1. The zero-order chi connectivity index (χ0) is 16.1. The van der Waals surface area contributed by atoms with Crippen LogP contribution in [0.3, 0.4) is 0 Å². The predicted octanol–water partition coefficient (Wildman–Crippen LogP) is 2.98. The zero-order valence-corrected chi connectivity index (χ0v) is 13.8. The zero-order valence-electron chi connectivity index (χ0n) is 13.8. The first-order valence-corrected chi connectivity index (χ1v) is 8.22. The Labute approximate surface area is 137 Å². The normalized spacial score (nSPS) is 17.1. The molecule has 1 aliphatic heterocycles. The molecule has 2 heterocycles. The summed E-state index contributed by atoms with van der Waals surface area (Å²) >= 11 is 0. The summed E-state index contributed by atoms with van der Waals surface area (Å²) in [6, 6.07) is 8.69. The second-order valence-corrected chi connectivity index (χ2v) is 6.11. The average Bonchev–Trinajstić information content (AvgIpc) is 3.02. The van der Waals surface area contributed by atoms with Gasteiger partial charge in [-0.2, -0.15) is 5.10 Å². The Hall–Kier alpha value is -1.85. The molecule has 0 radical (unpaired) electrons. The molecule has 0 saturated carbocycles. The third-order valence-electron chi connectivity index (χ3n) is 4.64. The van der Waals surface area contributed by atoms with Crippen LogP contribution in [0.1, 0.15) is 35.7 Å². The van der Waals surface area contributed by atoms with Gasteiger partial charge in [-0.1, -0.05) is 12.1 Å². The number of aromatic nitrogens is 2. The highest BCUT2D eigenvalue weighted by atomic mass is 16.5. The van der Waals surface area contributed by atoms with Gasteiger partial charge in [-0.25, -0.2) is 0 Å². The summed E-state index contributed by atoms with van der Waals surface area (Å²) in [5.74, 6) is 1.48. The Kier molecular flexibility index (Phi) is 5.31. The second kappa shape index (κ2) is 7.62. The molecule has 5 nitrogen and oxygen atoms in total. The quantitative estimate of drug-likeness (QED) is 0.860. The monoisotopic (exact) mass is 315 g/mol. The smallest absolute Gasteiger partial charge is 0.118 e. The molecule has 1 fully saturated rings. The van der Waals surface area contributed by atoms with Gasteiger partial charge in [0.15, 0.2) is 0 Å². The molecule has 3 rings (SSSR count). The minimum Gasteiger partial charge on any atom is -0.497 e. The van der Waals surface area contributed by atoms with Gasteiger partial charge < -0.3 is 14.8 Å². The summed E-state index contributed by atoms with van der Waals surface area (Å²) in [6.07, 6.45) is 4.05. The van der Waals surface area contributed by atoms with Crippen molar-refractivity contribution in [3.63, 3.8) is 0 Å². The molecular weight excluding hydrogens is 290 g/mol. The summed E-state index contributed by atoms with van der Waals surface area (Å²) in [4.78, 5) is 0. The molecule has 2 N–H and O–H groups in total. The molecule has 1 saturated heterocycles. The van der Waals surface area contributed by atoms with Gasteiger partial charge in [0.2, 0.25) is 0 Å². The molecule has 5 heteroatoms. The third-order valence-corrected chi connectivity index (χ3v) is 4.64. The van der Waals surface area contributed by atoms with Crippen LogP contribution in [0.2, 0.25) is 0 Å². The Morgan fingerprint density at radius 3 is 2.65 bits per heavy atom. The summed E-state index contributed by atoms with van der Waals surface area (Å²) in [5.41, 5.74) is 3.64. The largest absolute Gasteiger partial charge is 0.497 e. The van der Waals surface area contributed by atoms with Gasteiger partial charge in [-0.05, 0) is 48.9 Å². The van der Waals surface area contributed by atoms with Crippen LogP contribution in [0.5, 0.6) is 5.75 Å². The van der Waals surface area contributed by atoms with E-state index in [1.54, 1.807) is 7.11 Å². The minimum absolute atomic E-state index is 0.313. The molecule has 0 aliphatic carbocycles. The van der Waals surface area contributed by atoms with Crippen LogP contribution >= 0.6 is 0 Å². The van der Waals surface area contributed by atoms with Crippen LogP contribution in [0.4, 0.5) is 0 Å². The summed E-state index contributed by atoms with van der Waals surface area (Å²) < 4.78 is 10.8. The molecular formula is C18H25N3O2. The molecule has 1 aliphatic rings. The molecule has 1 atom stereocenters. The summed E-state index contributed by atoms with van der Waals surface area (Å²) in [6.45, 7) is 4.57. The van der Waals surface area contributed by atoms with Crippen molar-refractivity contribution in [2.24, 2.45) is 5.92 Å². The van der Waals surface area contributed by atoms with Gasteiger partial charge in [0.25, 0.3) is 0 Å². The van der Waals surface area contributed by atoms with Gasteiger partial charge in [-0.15, -0.1) is 0 Å². The standard InChI is InChI=1S/C18H25N3O2/c1-13-11-20-21-17(13)12-19-18(15-7-9-23-10-8-15)14-3-5-16(22-2)6-4-14/h3-6,11,15,18-19H,7-10,12H2,1-2H3,(H,20,21). The number of ether oxygens (including phenoxy) is 2. The maximum atomic E-state index is 5.53. The number of hydrogen-bond donors (Lipinski definition) is 2. The summed E-state index contributed by atoms with van der Waals surface area (Å²) in [5, 5.41) is 10.9. The lowest BCUT2D eigenvalue weighted by Gasteiger charge is -2.31. The number of H-pyrrole nitrogens is 1. The van der Waals surface area contributed by atoms with Crippen molar-refractivity contribution >= 4 is 0 Å². The highest BCUT2D eigenvalue weighted by molar-refractivity contribution is 5.29. The Bertz CT molecular complexity index is 603. The van der Waals surface area contributed by atoms with Crippen LogP contribution in [-0.4, -0.2) is 30.5 Å². The first-order chi connectivity index (χ1) is 11.3. The second-order valence-electron chi connectivity index (χ2n) is 6.11. The van der Waals surface area contributed by atoms with Crippen molar-refractivity contribution in [1.29, 1.82) is 0 Å². The number of hydrogen-bond acceptors (Lipinski definition) is 4. The minimum atomic E-state index is 0.313. The Morgan fingerprint density at radius 2 is 2.04 bits per heavy atom. The van der Waals surface area contributed by atoms with Crippen LogP contribution in [-0.2, 0) is 11.3 Å². The summed E-state index contributed by atoms with van der Waals surface area (Å²) in [7, 11) is 1.70. The fourth-order valence-corrected chi connectivity index (χ4v) is 3.18. The van der Waals surface area contributed by atoms with Crippen molar-refractivity contribution in [2.45, 2.75) is 32.4 Å². The van der Waals surface area contributed by atoms with E-state index in [2.05, 4.69) is 34.6 Å². The van der Waals surface area contributed by atoms with Crippen LogP contribution in [0.15, 0.2) is 30.5 Å². The molecule has 1 aromatic heterocycles. The van der Waals surface area contributed by atoms with Crippen molar-refractivity contribution < 1.29 is 9.47 Å². The van der Waals surface area contributed by atoms with Gasteiger partial charge >= 0.3 is 0 Å². The highest BCUT2D eigenvalue weighted by Crippen LogP contribution is 2.31. The van der Waals surface area contributed by atoms with E-state index in [0.717, 1.165) is 44.0 Å². The van der Waals surface area contributed by atoms with Crippen LogP contribution in [0, 0.1) is 12.8 Å². The number of nitrogens with one attached hydrogen (secondary N) is 2. The van der Waals surface area contributed by atoms with E-state index in [9.17, 15) is 0 Å². The van der Waals surface area contributed by atoms with E-state index in [1.165, 1.54) is 11.1 Å². The van der Waals surface area contributed by atoms with Gasteiger partial charge in [0.1, 0.15) is 5.75 Å². The molecule has 1 aromatic carbocycles. The van der Waals surface area contributed by atoms with Gasteiger partial charge in [0.05, 0.1) is 19.0 Å². The van der Waals surface area contributed by atoms with E-state index in [-0.39, 0.29) is 0 Å². The predicted molar refractivity (Wildman–Crippen MR) is 89.4 cm³/mol. The number of rotatable bonds is 6. The van der Waals surface area contributed by atoms with E-state index in [0.29, 0.717) is 12.0 Å². The average molecular weight is 315 g/mol. The third kappa shape index (κ3) is 3.92. The number of nitrogens with zero attached hydrogens (tertiary/aromatic N) is 1. The maximum absolute atomic E-state index is 5.53. The Morgan fingerprint density at radius 1 is 1.30 bits per heavy atom. The first kappa shape index (κ1) is 16.0. The lowest BCUT2D eigenvalue weighted by molar-refractivity contribution is 0.0532. The van der Waals surface area contributed by atoms with E-state index in [1.807, 2.05) is 18.3 Å². The maximum Gasteiger partial charge on any atom is 0.118 e.